The fraction of sp³-hybridized carbons (Fsp3) is 0.529. The van der Waals surface area contributed by atoms with Crippen LogP contribution in [0.2, 0.25) is 5.02 Å². The molecule has 1 aromatic rings. The summed E-state index contributed by atoms with van der Waals surface area (Å²) < 4.78 is 30.1. The Balaban J connectivity index is 1.37. The van der Waals surface area contributed by atoms with Gasteiger partial charge < -0.3 is 20.0 Å². The van der Waals surface area contributed by atoms with Gasteiger partial charge in [0.25, 0.3) is 5.91 Å². The Kier molecular flexibility index (Phi) is 9.17. The van der Waals surface area contributed by atoms with Gasteiger partial charge in [-0.15, -0.1) is 0 Å². The molecule has 1 aliphatic carbocycles. The number of allylic oxidation sites excluding steroid dienone is 2. The van der Waals surface area contributed by atoms with Gasteiger partial charge in [0.1, 0.15) is 33.6 Å². The molecule has 4 aliphatic heterocycles. The van der Waals surface area contributed by atoms with Crippen LogP contribution in [0, 0.1) is 11.7 Å². The van der Waals surface area contributed by atoms with Crippen LogP contribution in [0.1, 0.15) is 65.5 Å². The van der Waals surface area contributed by atoms with Crippen molar-refractivity contribution in [2.24, 2.45) is 15.9 Å². The Bertz CT molecular complexity index is 1640. The first-order chi connectivity index (χ1) is 22.2. The van der Waals surface area contributed by atoms with E-state index in [1.165, 1.54) is 28.8 Å². The van der Waals surface area contributed by atoms with Gasteiger partial charge in [-0.05, 0) is 74.6 Å². The first-order valence-electron chi connectivity index (χ1n) is 16.0. The molecular weight excluding hydrogens is 665 g/mol. The van der Waals surface area contributed by atoms with Gasteiger partial charge in [-0.3, -0.25) is 9.59 Å². The number of nitrogens with zero attached hydrogens (tertiary/aromatic N) is 5. The molecule has 1 spiro atoms. The number of hydrogen-bond acceptors (Lipinski definition) is 7. The third kappa shape index (κ3) is 6.06. The number of aliphatic imine (C=N–C) groups is 2. The molecule has 47 heavy (non-hydrogen) atoms. The molecule has 1 unspecified atom stereocenters. The van der Waals surface area contributed by atoms with E-state index in [1.54, 1.807) is 25.3 Å². The highest BCUT2D eigenvalue weighted by molar-refractivity contribution is 8.18. The van der Waals surface area contributed by atoms with Crippen LogP contribution in [0.15, 0.2) is 62.2 Å². The molecule has 5 atom stereocenters. The van der Waals surface area contributed by atoms with Crippen LogP contribution in [0.25, 0.3) is 0 Å². The molecule has 2 saturated heterocycles. The number of halogens is 4. The zero-order valence-electron chi connectivity index (χ0n) is 27.2. The molecule has 1 aromatic carbocycles. The lowest BCUT2D eigenvalue weighted by atomic mass is 9.81. The fourth-order valence-electron chi connectivity index (χ4n) is 7.04. The Labute approximate surface area is 289 Å². The van der Waals surface area contributed by atoms with Crippen molar-refractivity contribution in [1.82, 2.24) is 20.0 Å². The van der Waals surface area contributed by atoms with Crippen LogP contribution in [0.5, 0.6) is 0 Å². The van der Waals surface area contributed by atoms with Crippen molar-refractivity contribution in [3.05, 3.63) is 68.6 Å². The average Bonchev–Trinajstić information content (AvgIpc) is 3.35. The van der Waals surface area contributed by atoms with Crippen LogP contribution < -0.4 is 5.32 Å². The van der Waals surface area contributed by atoms with Crippen LogP contribution in [0.3, 0.4) is 0 Å². The number of amides is 2. The largest absolute Gasteiger partial charge is 0.335 e. The van der Waals surface area contributed by atoms with Crippen LogP contribution in [-0.2, 0) is 9.59 Å². The predicted molar refractivity (Wildman–Crippen MR) is 185 cm³/mol. The number of amidine groups is 1. The highest BCUT2D eigenvalue weighted by Gasteiger charge is 2.55. The first-order valence-corrected chi connectivity index (χ1v) is 17.6. The van der Waals surface area contributed by atoms with E-state index >= 15 is 4.39 Å². The molecule has 6 rings (SSSR count). The number of piperazine rings is 1. The minimum Gasteiger partial charge on any atom is -0.335 e. The standard InChI is InChI=1S/C34H40Cl2F2N6O2S/c1-7-26(36)39-14-19(4)33(6)29(21-8-9-23(35)24(38)12-21)44-27(18(2)3)28(47-32(44)41-33)31(46)42-16-22(37)13-25(42)30(45)43-17-34(10-11-34)40-15-20(43)5/h7-9,12,14,18,20,22,25,29,40H,4,10-11,13,15-17H2,1-3,5-6H3/b26-7-,39-14?/t20?,22-,25+,29-,33+/m1/s1. The number of hydrogen-bond donors (Lipinski definition) is 1. The minimum atomic E-state index is -1.31. The van der Waals surface area contributed by atoms with Crippen LogP contribution in [-0.4, -0.2) is 86.9 Å². The fourth-order valence-corrected chi connectivity index (χ4v) is 8.57. The van der Waals surface area contributed by atoms with Crippen molar-refractivity contribution >= 4 is 58.2 Å². The van der Waals surface area contributed by atoms with E-state index in [9.17, 15) is 14.0 Å². The Morgan fingerprint density at radius 1 is 1.28 bits per heavy atom. The van der Waals surface area contributed by atoms with E-state index in [4.69, 9.17) is 28.2 Å². The number of carbonyl (C=O) groups is 2. The summed E-state index contributed by atoms with van der Waals surface area (Å²) in [6.45, 7) is 14.9. The first kappa shape index (κ1) is 34.1. The number of fused-ring (bicyclic) bond motifs is 1. The molecule has 2 amide bonds. The quantitative estimate of drug-likeness (QED) is 0.256. The Hall–Kier alpha value is -2.73. The summed E-state index contributed by atoms with van der Waals surface area (Å²) in [4.78, 5) is 43.4. The van der Waals surface area contributed by atoms with Gasteiger partial charge in [-0.2, -0.15) is 0 Å². The van der Waals surface area contributed by atoms with Crippen LogP contribution >= 0.6 is 35.0 Å². The minimum absolute atomic E-state index is 0.0157. The van der Waals surface area contributed by atoms with Gasteiger partial charge in [-0.1, -0.05) is 55.8 Å². The van der Waals surface area contributed by atoms with Gasteiger partial charge >= 0.3 is 0 Å². The second-order valence-corrected chi connectivity index (χ2v) is 15.4. The summed E-state index contributed by atoms with van der Waals surface area (Å²) in [7, 11) is 0. The predicted octanol–water partition coefficient (Wildman–Crippen LogP) is 6.58. The highest BCUT2D eigenvalue weighted by atomic mass is 35.5. The molecule has 8 nitrogen and oxygen atoms in total. The second-order valence-electron chi connectivity index (χ2n) is 13.6. The highest BCUT2D eigenvalue weighted by Crippen LogP contribution is 2.55. The normalized spacial score (nSPS) is 30.2. The number of rotatable bonds is 7. The molecule has 3 fully saturated rings. The SMILES string of the molecule is C=C(C=N/C(Cl)=C\C)[C@]1(C)N=C2SC(C(=O)N3C[C@H](F)C[C@H]3C(=O)N3CC4(CC4)NCC3C)=C(C(C)C)N2[C@@H]1c1ccc(Cl)c(F)c1. The van der Waals surface area contributed by atoms with E-state index in [0.717, 1.165) is 12.8 Å². The van der Waals surface area contributed by atoms with Crippen LogP contribution in [0.4, 0.5) is 8.78 Å². The molecule has 1 N–H and O–H groups in total. The van der Waals surface area contributed by atoms with Crippen molar-refractivity contribution < 1.29 is 18.4 Å². The van der Waals surface area contributed by atoms with E-state index in [-0.39, 0.29) is 46.6 Å². The van der Waals surface area contributed by atoms with Gasteiger partial charge in [0.15, 0.2) is 5.17 Å². The molecular formula is C34H40Cl2F2N6O2S. The third-order valence-electron chi connectivity index (χ3n) is 9.95. The van der Waals surface area contributed by atoms with Crippen molar-refractivity contribution in [3.63, 3.8) is 0 Å². The molecule has 4 heterocycles. The summed E-state index contributed by atoms with van der Waals surface area (Å²) >= 11 is 13.4. The zero-order chi connectivity index (χ0) is 34.0. The summed E-state index contributed by atoms with van der Waals surface area (Å²) in [6.07, 6.45) is 3.85. The summed E-state index contributed by atoms with van der Waals surface area (Å²) in [6, 6.07) is 3.03. The lowest BCUT2D eigenvalue weighted by Gasteiger charge is -2.41. The molecule has 13 heteroatoms. The Morgan fingerprint density at radius 2 is 2.00 bits per heavy atom. The number of likely N-dealkylation sites (tertiary alicyclic amines) is 1. The van der Waals surface area contributed by atoms with E-state index in [1.807, 2.05) is 37.5 Å². The number of nitrogens with one attached hydrogen (secondary N) is 1. The van der Waals surface area contributed by atoms with E-state index < -0.39 is 35.5 Å². The maximum atomic E-state index is 15.1. The average molecular weight is 706 g/mol. The van der Waals surface area contributed by atoms with Crippen molar-refractivity contribution in [2.75, 3.05) is 19.6 Å². The van der Waals surface area contributed by atoms with Gasteiger partial charge in [0, 0.05) is 43.0 Å². The second kappa shape index (κ2) is 12.6. The summed E-state index contributed by atoms with van der Waals surface area (Å²) in [5.74, 6) is -1.38. The molecule has 0 bridgehead atoms. The molecule has 1 saturated carbocycles. The summed E-state index contributed by atoms with van der Waals surface area (Å²) in [5, 5.41) is 4.34. The number of thioether (sulfide) groups is 1. The van der Waals surface area contributed by atoms with Crippen molar-refractivity contribution in [1.29, 1.82) is 0 Å². The number of carbonyl (C=O) groups excluding carboxylic acids is 2. The lowest BCUT2D eigenvalue weighted by Crippen LogP contribution is -2.61. The van der Waals surface area contributed by atoms with Gasteiger partial charge in [0.05, 0.1) is 17.6 Å². The molecule has 0 radical (unpaired) electrons. The Morgan fingerprint density at radius 3 is 2.64 bits per heavy atom. The lowest BCUT2D eigenvalue weighted by molar-refractivity contribution is -0.144. The van der Waals surface area contributed by atoms with E-state index in [2.05, 4.69) is 16.9 Å². The monoisotopic (exact) mass is 704 g/mol. The van der Waals surface area contributed by atoms with Crippen molar-refractivity contribution in [3.8, 4) is 0 Å². The number of alkyl halides is 1. The topological polar surface area (TPSA) is 80.6 Å². The van der Waals surface area contributed by atoms with Crippen molar-refractivity contribution in [2.45, 2.75) is 89.3 Å². The zero-order valence-corrected chi connectivity index (χ0v) is 29.5. The maximum Gasteiger partial charge on any atom is 0.263 e. The molecule has 5 aliphatic rings. The molecule has 0 aromatic heterocycles. The van der Waals surface area contributed by atoms with E-state index in [0.29, 0.717) is 40.0 Å². The number of benzene rings is 1. The smallest absolute Gasteiger partial charge is 0.263 e. The third-order valence-corrected chi connectivity index (χ3v) is 11.6. The van der Waals surface area contributed by atoms with Gasteiger partial charge in [0.2, 0.25) is 5.91 Å². The maximum absolute atomic E-state index is 15.1. The summed E-state index contributed by atoms with van der Waals surface area (Å²) in [5.41, 5.74) is 0.685. The molecule has 252 valence electrons. The van der Waals surface area contributed by atoms with Gasteiger partial charge in [-0.25, -0.2) is 18.8 Å².